The highest BCUT2D eigenvalue weighted by atomic mass is 16.5. The van der Waals surface area contributed by atoms with E-state index in [0.29, 0.717) is 12.6 Å². The number of benzene rings is 1. The average molecular weight is 279 g/mol. The summed E-state index contributed by atoms with van der Waals surface area (Å²) in [6.45, 7) is 0.606. The van der Waals surface area contributed by atoms with Crippen LogP contribution in [0.15, 0.2) is 18.2 Å². The number of para-hydroxylation sites is 1. The maximum atomic E-state index is 6.23. The van der Waals surface area contributed by atoms with Crippen LogP contribution >= 0.6 is 0 Å². The van der Waals surface area contributed by atoms with Crippen molar-refractivity contribution in [2.75, 3.05) is 20.8 Å². The first-order valence-electron chi connectivity index (χ1n) is 7.33. The van der Waals surface area contributed by atoms with Crippen molar-refractivity contribution in [3.8, 4) is 11.5 Å². The quantitative estimate of drug-likeness (QED) is 0.869. The highest BCUT2D eigenvalue weighted by Gasteiger charge is 2.24. The van der Waals surface area contributed by atoms with Gasteiger partial charge < -0.3 is 19.9 Å². The molecule has 0 aromatic heterocycles. The summed E-state index contributed by atoms with van der Waals surface area (Å²) in [6, 6.07) is 5.98. The Morgan fingerprint density at radius 1 is 1.20 bits per heavy atom. The van der Waals surface area contributed by atoms with Crippen LogP contribution in [0.2, 0.25) is 0 Å². The van der Waals surface area contributed by atoms with Gasteiger partial charge in [-0.25, -0.2) is 0 Å². The fourth-order valence-corrected chi connectivity index (χ4v) is 2.80. The van der Waals surface area contributed by atoms with Gasteiger partial charge in [0.2, 0.25) is 0 Å². The largest absolute Gasteiger partial charge is 0.493 e. The van der Waals surface area contributed by atoms with Gasteiger partial charge in [0, 0.05) is 13.5 Å². The van der Waals surface area contributed by atoms with E-state index in [1.54, 1.807) is 14.2 Å². The van der Waals surface area contributed by atoms with Crippen molar-refractivity contribution in [3.05, 3.63) is 23.8 Å². The molecule has 0 radical (unpaired) electrons. The van der Waals surface area contributed by atoms with E-state index in [1.807, 2.05) is 12.1 Å². The molecule has 0 aliphatic heterocycles. The molecule has 2 atom stereocenters. The lowest BCUT2D eigenvalue weighted by Crippen LogP contribution is -2.30. The first kappa shape index (κ1) is 15.1. The van der Waals surface area contributed by atoms with E-state index in [9.17, 15) is 0 Å². The van der Waals surface area contributed by atoms with Crippen LogP contribution in [-0.4, -0.2) is 33.0 Å². The smallest absolute Gasteiger partial charge is 0.164 e. The summed E-state index contributed by atoms with van der Waals surface area (Å²) in [5, 5.41) is 0. The summed E-state index contributed by atoms with van der Waals surface area (Å²) in [7, 11) is 3.45. The predicted molar refractivity (Wildman–Crippen MR) is 79.4 cm³/mol. The molecule has 1 saturated carbocycles. The molecule has 1 aliphatic rings. The number of rotatable bonds is 6. The van der Waals surface area contributed by atoms with Gasteiger partial charge in [-0.05, 0) is 43.9 Å². The lowest BCUT2D eigenvalue weighted by Gasteiger charge is -2.29. The minimum absolute atomic E-state index is 0.196. The van der Waals surface area contributed by atoms with E-state index in [4.69, 9.17) is 19.9 Å². The monoisotopic (exact) mass is 279 g/mol. The fraction of sp³-hybridized carbons (Fsp3) is 0.625. The standard InChI is InChI=1S/C16H25NO3/c1-18-13-6-4-7-14(11-13)20-16-12(9-10-17)5-3-8-15(16)19-2/h3,5,8,13-14H,4,6-7,9-11,17H2,1-2H3. The number of methoxy groups -OCH3 is 2. The first-order valence-corrected chi connectivity index (χ1v) is 7.33. The number of ether oxygens (including phenoxy) is 3. The lowest BCUT2D eigenvalue weighted by atomic mass is 9.94. The highest BCUT2D eigenvalue weighted by Crippen LogP contribution is 2.34. The van der Waals surface area contributed by atoms with E-state index < -0.39 is 0 Å². The van der Waals surface area contributed by atoms with Crippen molar-refractivity contribution in [2.45, 2.75) is 44.3 Å². The predicted octanol–water partition coefficient (Wildman–Crippen LogP) is 2.53. The van der Waals surface area contributed by atoms with Crippen molar-refractivity contribution in [3.63, 3.8) is 0 Å². The minimum atomic E-state index is 0.196. The van der Waals surface area contributed by atoms with Crippen LogP contribution in [0.4, 0.5) is 0 Å². The SMILES string of the molecule is COc1cccc(CCN)c1OC1CCCC(OC)C1. The Balaban J connectivity index is 2.14. The Labute approximate surface area is 121 Å². The van der Waals surface area contributed by atoms with Gasteiger partial charge in [0.15, 0.2) is 11.5 Å². The van der Waals surface area contributed by atoms with Gasteiger partial charge >= 0.3 is 0 Å². The highest BCUT2D eigenvalue weighted by molar-refractivity contribution is 5.47. The molecule has 1 aromatic rings. The van der Waals surface area contributed by atoms with Crippen molar-refractivity contribution in [1.82, 2.24) is 0 Å². The molecule has 0 heterocycles. The van der Waals surface area contributed by atoms with Crippen molar-refractivity contribution >= 4 is 0 Å². The molecular formula is C16H25NO3. The number of hydrogen-bond donors (Lipinski definition) is 1. The second-order valence-corrected chi connectivity index (χ2v) is 5.25. The number of hydrogen-bond acceptors (Lipinski definition) is 4. The first-order chi connectivity index (χ1) is 9.78. The van der Waals surface area contributed by atoms with Gasteiger partial charge in [0.1, 0.15) is 6.10 Å². The van der Waals surface area contributed by atoms with Crippen molar-refractivity contribution < 1.29 is 14.2 Å². The second kappa shape index (κ2) is 7.50. The van der Waals surface area contributed by atoms with Crippen LogP contribution in [-0.2, 0) is 11.2 Å². The van der Waals surface area contributed by atoms with Gasteiger partial charge in [-0.15, -0.1) is 0 Å². The third-order valence-electron chi connectivity index (χ3n) is 3.89. The molecule has 0 bridgehead atoms. The van der Waals surface area contributed by atoms with Gasteiger partial charge in [-0.3, -0.25) is 0 Å². The van der Waals surface area contributed by atoms with E-state index in [1.165, 1.54) is 0 Å². The van der Waals surface area contributed by atoms with E-state index in [-0.39, 0.29) is 6.10 Å². The molecule has 2 N–H and O–H groups in total. The van der Waals surface area contributed by atoms with E-state index in [0.717, 1.165) is 49.2 Å². The molecule has 4 heteroatoms. The van der Waals surface area contributed by atoms with E-state index >= 15 is 0 Å². The zero-order valence-electron chi connectivity index (χ0n) is 12.4. The average Bonchev–Trinajstić information content (AvgIpc) is 2.49. The molecular weight excluding hydrogens is 254 g/mol. The van der Waals surface area contributed by atoms with Gasteiger partial charge in [0.05, 0.1) is 13.2 Å². The molecule has 2 unspecified atom stereocenters. The summed E-state index contributed by atoms with van der Waals surface area (Å²) in [4.78, 5) is 0. The van der Waals surface area contributed by atoms with E-state index in [2.05, 4.69) is 6.07 Å². The van der Waals surface area contributed by atoms with Crippen LogP contribution in [0.1, 0.15) is 31.2 Å². The summed E-state index contributed by atoms with van der Waals surface area (Å²) < 4.78 is 17.1. The van der Waals surface area contributed by atoms with Crippen molar-refractivity contribution in [2.24, 2.45) is 5.73 Å². The zero-order chi connectivity index (χ0) is 14.4. The Morgan fingerprint density at radius 2 is 2.00 bits per heavy atom. The molecule has 0 spiro atoms. The molecule has 0 saturated heterocycles. The Hall–Kier alpha value is -1.26. The van der Waals surface area contributed by atoms with Crippen LogP contribution in [0.25, 0.3) is 0 Å². The third kappa shape index (κ3) is 3.64. The summed E-state index contributed by atoms with van der Waals surface area (Å²) in [6.07, 6.45) is 5.58. The van der Waals surface area contributed by atoms with Crippen molar-refractivity contribution in [1.29, 1.82) is 0 Å². The molecule has 1 aromatic carbocycles. The van der Waals surface area contributed by atoms with Crippen LogP contribution in [0, 0.1) is 0 Å². The molecule has 112 valence electrons. The summed E-state index contributed by atoms with van der Waals surface area (Å²) in [5.41, 5.74) is 6.80. The van der Waals surface area contributed by atoms with Gasteiger partial charge in [0.25, 0.3) is 0 Å². The maximum Gasteiger partial charge on any atom is 0.164 e. The minimum Gasteiger partial charge on any atom is -0.493 e. The van der Waals surface area contributed by atoms with Gasteiger partial charge in [-0.1, -0.05) is 12.1 Å². The molecule has 1 fully saturated rings. The zero-order valence-corrected chi connectivity index (χ0v) is 12.4. The molecule has 4 nitrogen and oxygen atoms in total. The maximum absolute atomic E-state index is 6.23. The number of nitrogens with two attached hydrogens (primary N) is 1. The Morgan fingerprint density at radius 3 is 2.70 bits per heavy atom. The normalized spacial score (nSPS) is 22.6. The molecule has 0 amide bonds. The molecule has 1 aliphatic carbocycles. The Bertz CT molecular complexity index is 422. The Kier molecular flexibility index (Phi) is 5.68. The van der Waals surface area contributed by atoms with Crippen LogP contribution in [0.3, 0.4) is 0 Å². The topological polar surface area (TPSA) is 53.7 Å². The molecule has 2 rings (SSSR count). The molecule has 20 heavy (non-hydrogen) atoms. The summed E-state index contributed by atoms with van der Waals surface area (Å²) in [5.74, 6) is 1.64. The van der Waals surface area contributed by atoms with Crippen LogP contribution < -0.4 is 15.2 Å². The second-order valence-electron chi connectivity index (χ2n) is 5.25. The lowest BCUT2D eigenvalue weighted by molar-refractivity contribution is 0.0198. The third-order valence-corrected chi connectivity index (χ3v) is 3.89. The fourth-order valence-electron chi connectivity index (χ4n) is 2.80. The summed E-state index contributed by atoms with van der Waals surface area (Å²) >= 11 is 0. The van der Waals surface area contributed by atoms with Gasteiger partial charge in [-0.2, -0.15) is 0 Å². The van der Waals surface area contributed by atoms with Crippen LogP contribution in [0.5, 0.6) is 11.5 Å².